The van der Waals surface area contributed by atoms with Crippen LogP contribution in [0.4, 0.5) is 11.4 Å². The third kappa shape index (κ3) is 4.18. The second kappa shape index (κ2) is 7.25. The molecule has 8 nitrogen and oxygen atoms in total. The van der Waals surface area contributed by atoms with Gasteiger partial charge in [-0.25, -0.2) is 9.59 Å². The average molecular weight is 315 g/mol. The summed E-state index contributed by atoms with van der Waals surface area (Å²) >= 11 is 5.75. The number of rotatable bonds is 5. The van der Waals surface area contributed by atoms with Gasteiger partial charge in [0.25, 0.3) is 0 Å². The van der Waals surface area contributed by atoms with Crippen LogP contribution in [0.15, 0.2) is 30.0 Å². The molecule has 0 saturated heterocycles. The Bertz CT molecular complexity index is 614. The van der Waals surface area contributed by atoms with Gasteiger partial charge in [-0.2, -0.15) is 0 Å². The van der Waals surface area contributed by atoms with Gasteiger partial charge < -0.3 is 14.8 Å². The van der Waals surface area contributed by atoms with E-state index in [2.05, 4.69) is 14.8 Å². The van der Waals surface area contributed by atoms with Gasteiger partial charge in [0, 0.05) is 0 Å². The van der Waals surface area contributed by atoms with Crippen molar-refractivity contribution >= 4 is 34.9 Å². The van der Waals surface area contributed by atoms with E-state index in [4.69, 9.17) is 11.6 Å². The molecule has 0 fully saturated rings. The first-order valence-electron chi connectivity index (χ1n) is 5.48. The van der Waals surface area contributed by atoms with Gasteiger partial charge in [0.1, 0.15) is 16.4 Å². The zero-order chi connectivity index (χ0) is 16.0. The van der Waals surface area contributed by atoms with Crippen molar-refractivity contribution < 1.29 is 24.0 Å². The molecule has 0 bridgehead atoms. The topological polar surface area (TPSA) is 108 Å². The summed E-state index contributed by atoms with van der Waals surface area (Å²) < 4.78 is 8.87. The molecular weight excluding hydrogens is 304 g/mol. The van der Waals surface area contributed by atoms with E-state index in [1.165, 1.54) is 18.2 Å². The number of halogens is 1. The van der Waals surface area contributed by atoms with Crippen LogP contribution in [0.2, 0.25) is 5.02 Å². The van der Waals surface area contributed by atoms with Gasteiger partial charge in [0.15, 0.2) is 0 Å². The number of hydrogen-bond acceptors (Lipinski definition) is 7. The molecule has 0 aromatic heterocycles. The van der Waals surface area contributed by atoms with Gasteiger partial charge in [-0.3, -0.25) is 10.1 Å². The quantitative estimate of drug-likeness (QED) is 0.382. The predicted molar refractivity (Wildman–Crippen MR) is 73.8 cm³/mol. The molecule has 0 heterocycles. The van der Waals surface area contributed by atoms with Crippen molar-refractivity contribution in [3.05, 3.63) is 45.1 Å². The number of nitro groups is 1. The second-order valence-electron chi connectivity index (χ2n) is 3.59. The summed E-state index contributed by atoms with van der Waals surface area (Å²) in [6, 6.07) is 4.11. The van der Waals surface area contributed by atoms with E-state index in [-0.39, 0.29) is 16.4 Å². The molecule has 1 rings (SSSR count). The zero-order valence-corrected chi connectivity index (χ0v) is 11.8. The van der Waals surface area contributed by atoms with Gasteiger partial charge in [0.2, 0.25) is 0 Å². The number of methoxy groups -OCH3 is 2. The van der Waals surface area contributed by atoms with E-state index in [1.807, 2.05) is 0 Å². The highest BCUT2D eigenvalue weighted by atomic mass is 35.5. The maximum Gasteiger partial charge on any atom is 0.354 e. The Hall–Kier alpha value is -2.61. The number of nitro benzene ring substituents is 1. The molecule has 0 saturated carbocycles. The molecule has 0 aliphatic heterocycles. The first-order valence-corrected chi connectivity index (χ1v) is 5.86. The molecule has 1 N–H and O–H groups in total. The number of ether oxygens (including phenoxy) is 2. The fraction of sp³-hybridized carbons (Fsp3) is 0.167. The summed E-state index contributed by atoms with van der Waals surface area (Å²) in [5.74, 6) is -1.72. The molecule has 0 atom stereocenters. The van der Waals surface area contributed by atoms with Crippen molar-refractivity contribution in [1.82, 2.24) is 0 Å². The summed E-state index contributed by atoms with van der Waals surface area (Å²) in [5.41, 5.74) is -0.818. The third-order valence-electron chi connectivity index (χ3n) is 2.31. The minimum Gasteiger partial charge on any atom is -0.466 e. The highest BCUT2D eigenvalue weighted by Crippen LogP contribution is 2.33. The second-order valence-corrected chi connectivity index (χ2v) is 4.00. The lowest BCUT2D eigenvalue weighted by atomic mass is 10.2. The van der Waals surface area contributed by atoms with Gasteiger partial charge in [0.05, 0.1) is 25.2 Å². The van der Waals surface area contributed by atoms with E-state index in [0.29, 0.717) is 0 Å². The van der Waals surface area contributed by atoms with Gasteiger partial charge in [-0.1, -0.05) is 17.7 Å². The number of nitrogens with one attached hydrogen (secondary N) is 1. The molecule has 0 radical (unpaired) electrons. The number of carbonyl (C=O) groups is 2. The van der Waals surface area contributed by atoms with Crippen molar-refractivity contribution in [3.63, 3.8) is 0 Å². The molecule has 1 aromatic rings. The van der Waals surface area contributed by atoms with Crippen LogP contribution in [0, 0.1) is 10.1 Å². The van der Waals surface area contributed by atoms with Crippen molar-refractivity contribution in [1.29, 1.82) is 0 Å². The van der Waals surface area contributed by atoms with Crippen molar-refractivity contribution in [2.24, 2.45) is 0 Å². The highest BCUT2D eigenvalue weighted by Gasteiger charge is 2.21. The fourth-order valence-corrected chi connectivity index (χ4v) is 1.62. The van der Waals surface area contributed by atoms with Crippen LogP contribution in [-0.2, 0) is 19.1 Å². The lowest BCUT2D eigenvalue weighted by Gasteiger charge is -2.09. The van der Waals surface area contributed by atoms with E-state index in [0.717, 1.165) is 20.3 Å². The first kappa shape index (κ1) is 16.4. The third-order valence-corrected chi connectivity index (χ3v) is 2.61. The predicted octanol–water partition coefficient (Wildman–Crippen LogP) is 1.89. The van der Waals surface area contributed by atoms with Gasteiger partial charge >= 0.3 is 17.6 Å². The smallest absolute Gasteiger partial charge is 0.354 e. The molecular formula is C12H11ClN2O6. The molecule has 1 aromatic carbocycles. The van der Waals surface area contributed by atoms with E-state index in [9.17, 15) is 19.7 Å². The Balaban J connectivity index is 3.25. The first-order chi connectivity index (χ1) is 9.90. The van der Waals surface area contributed by atoms with Gasteiger partial charge in [-0.05, 0) is 12.1 Å². The number of hydrogen-bond donors (Lipinski definition) is 1. The van der Waals surface area contributed by atoms with E-state index < -0.39 is 22.5 Å². The van der Waals surface area contributed by atoms with Crippen LogP contribution in [0.5, 0.6) is 0 Å². The van der Waals surface area contributed by atoms with Crippen LogP contribution in [0.25, 0.3) is 0 Å². The maximum atomic E-state index is 11.6. The normalized spacial score (nSPS) is 10.7. The molecule has 0 amide bonds. The van der Waals surface area contributed by atoms with Crippen LogP contribution in [0.1, 0.15) is 0 Å². The Morgan fingerprint density at radius 1 is 1.33 bits per heavy atom. The van der Waals surface area contributed by atoms with Crippen molar-refractivity contribution in [2.45, 2.75) is 0 Å². The number of anilines is 1. The van der Waals surface area contributed by atoms with Crippen LogP contribution < -0.4 is 5.32 Å². The number of benzene rings is 1. The number of esters is 2. The lowest BCUT2D eigenvalue weighted by molar-refractivity contribution is -0.383. The fourth-order valence-electron chi connectivity index (χ4n) is 1.38. The molecule has 112 valence electrons. The number of nitrogens with zero attached hydrogens (tertiary/aromatic N) is 1. The Morgan fingerprint density at radius 2 is 2.00 bits per heavy atom. The monoisotopic (exact) mass is 314 g/mol. The summed E-state index contributed by atoms with van der Waals surface area (Å²) in [6.07, 6.45) is 0.816. The summed E-state index contributed by atoms with van der Waals surface area (Å²) in [4.78, 5) is 33.1. The molecule has 0 aliphatic carbocycles. The molecule has 9 heteroatoms. The van der Waals surface area contributed by atoms with Crippen molar-refractivity contribution in [2.75, 3.05) is 19.5 Å². The zero-order valence-electron chi connectivity index (χ0n) is 11.1. The maximum absolute atomic E-state index is 11.6. The largest absolute Gasteiger partial charge is 0.466 e. The summed E-state index contributed by atoms with van der Waals surface area (Å²) in [7, 11) is 2.22. The minimum absolute atomic E-state index is 0.0620. The summed E-state index contributed by atoms with van der Waals surface area (Å²) in [5, 5.41) is 13.3. The molecule has 0 spiro atoms. The number of carbonyl (C=O) groups excluding carboxylic acids is 2. The Morgan fingerprint density at radius 3 is 2.52 bits per heavy atom. The van der Waals surface area contributed by atoms with Gasteiger partial charge in [-0.15, -0.1) is 0 Å². The Labute approximate surface area is 124 Å². The van der Waals surface area contributed by atoms with Crippen LogP contribution in [0.3, 0.4) is 0 Å². The standard InChI is InChI=1S/C12H11ClN2O6/c1-20-10(16)6-9(12(17)21-2)14-8-5-3-4-7(13)11(8)15(18)19/h3-6,14H,1-2H3/b9-6+. The van der Waals surface area contributed by atoms with E-state index >= 15 is 0 Å². The highest BCUT2D eigenvalue weighted by molar-refractivity contribution is 6.33. The van der Waals surface area contributed by atoms with Crippen molar-refractivity contribution in [3.8, 4) is 0 Å². The Kier molecular flexibility index (Phi) is 5.67. The molecule has 0 unspecified atom stereocenters. The van der Waals surface area contributed by atoms with Crippen LogP contribution >= 0.6 is 11.6 Å². The van der Waals surface area contributed by atoms with Crippen LogP contribution in [-0.4, -0.2) is 31.1 Å². The molecule has 0 aliphatic rings. The number of para-hydroxylation sites is 1. The SMILES string of the molecule is COC(=O)/C=C(/Nc1cccc(Cl)c1[N+](=O)[O-])C(=O)OC. The minimum atomic E-state index is -0.894. The average Bonchev–Trinajstić information content (AvgIpc) is 2.45. The lowest BCUT2D eigenvalue weighted by Crippen LogP contribution is -2.16. The molecule has 21 heavy (non-hydrogen) atoms. The summed E-state index contributed by atoms with van der Waals surface area (Å²) in [6.45, 7) is 0. The van der Waals surface area contributed by atoms with E-state index in [1.54, 1.807) is 0 Å².